The average Bonchev–Trinajstić information content (AvgIpc) is 3.13. The first-order valence-electron chi connectivity index (χ1n) is 6.85. The number of hydrogen-bond donors (Lipinski definition) is 2. The molecule has 0 radical (unpaired) electrons. The Balaban J connectivity index is 1.76. The Hall–Kier alpha value is -0.750. The van der Waals surface area contributed by atoms with Crippen LogP contribution in [-0.4, -0.2) is 26.1 Å². The summed E-state index contributed by atoms with van der Waals surface area (Å²) < 4.78 is 1.82. The molecule has 2 saturated carbocycles. The molecule has 5 nitrogen and oxygen atoms in total. The number of hydrogen-bond acceptors (Lipinski definition) is 4. The lowest BCUT2D eigenvalue weighted by molar-refractivity contribution is 0.588. The minimum absolute atomic E-state index is 0.0674. The Bertz CT molecular complexity index is 465. The van der Waals surface area contributed by atoms with Gasteiger partial charge in [0.05, 0.1) is 0 Å². The van der Waals surface area contributed by atoms with Crippen LogP contribution in [-0.2, 0) is 0 Å². The van der Waals surface area contributed by atoms with Gasteiger partial charge in [0.25, 0.3) is 0 Å². The van der Waals surface area contributed by atoms with Crippen molar-refractivity contribution in [2.75, 3.05) is 0 Å². The van der Waals surface area contributed by atoms with Gasteiger partial charge in [-0.3, -0.25) is 4.57 Å². The van der Waals surface area contributed by atoms with E-state index in [0.29, 0.717) is 11.3 Å². The molecular weight excluding hydrogens is 248 g/mol. The molecule has 2 unspecified atom stereocenters. The highest BCUT2D eigenvalue weighted by Crippen LogP contribution is 2.38. The Kier molecular flexibility index (Phi) is 3.48. The van der Waals surface area contributed by atoms with E-state index in [1.807, 2.05) is 4.57 Å². The third-order valence-corrected chi connectivity index (χ3v) is 5.23. The average molecular weight is 268 g/mol. The highest BCUT2D eigenvalue weighted by atomic mass is 32.2. The first-order chi connectivity index (χ1) is 8.75. The molecule has 0 aromatic carbocycles. The predicted octanol–water partition coefficient (Wildman–Crippen LogP) is 1.66. The minimum atomic E-state index is -0.0674. The number of rotatable bonds is 3. The van der Waals surface area contributed by atoms with E-state index in [1.54, 1.807) is 11.8 Å². The molecular formula is C12H20N4OS. The zero-order chi connectivity index (χ0) is 12.5. The van der Waals surface area contributed by atoms with Gasteiger partial charge in [-0.1, -0.05) is 31.0 Å². The van der Waals surface area contributed by atoms with Gasteiger partial charge in [-0.05, 0) is 25.7 Å². The van der Waals surface area contributed by atoms with Crippen molar-refractivity contribution >= 4 is 11.8 Å². The summed E-state index contributed by atoms with van der Waals surface area (Å²) in [6.45, 7) is 0. The van der Waals surface area contributed by atoms with Crippen molar-refractivity contribution in [1.29, 1.82) is 0 Å². The fourth-order valence-corrected chi connectivity index (χ4v) is 3.92. The van der Waals surface area contributed by atoms with Crippen molar-refractivity contribution in [3.05, 3.63) is 10.5 Å². The fourth-order valence-electron chi connectivity index (χ4n) is 2.61. The van der Waals surface area contributed by atoms with Crippen LogP contribution >= 0.6 is 11.8 Å². The van der Waals surface area contributed by atoms with Crippen LogP contribution in [0.4, 0.5) is 0 Å². The molecule has 2 aliphatic carbocycles. The standard InChI is InChI=1S/C12H20N4OS/c13-9-4-2-1-3-5-10(9)18-12-15-14-11(17)16(12)8-6-7-8/h8-10H,1-7,13H2,(H,14,17). The van der Waals surface area contributed by atoms with Gasteiger partial charge in [-0.15, -0.1) is 5.10 Å². The molecule has 3 rings (SSSR count). The Labute approximate surface area is 111 Å². The second kappa shape index (κ2) is 5.09. The minimum Gasteiger partial charge on any atom is -0.327 e. The monoisotopic (exact) mass is 268 g/mol. The lowest BCUT2D eigenvalue weighted by Crippen LogP contribution is -2.31. The number of nitrogens with two attached hydrogens (primary N) is 1. The normalized spacial score (nSPS) is 29.2. The maximum absolute atomic E-state index is 11.7. The van der Waals surface area contributed by atoms with Crippen LogP contribution in [0.25, 0.3) is 0 Å². The quantitative estimate of drug-likeness (QED) is 0.817. The van der Waals surface area contributed by atoms with Crippen LogP contribution in [0.3, 0.4) is 0 Å². The van der Waals surface area contributed by atoms with E-state index in [0.717, 1.165) is 30.8 Å². The Morgan fingerprint density at radius 1 is 1.22 bits per heavy atom. The molecule has 1 aromatic heterocycles. The van der Waals surface area contributed by atoms with Crippen LogP contribution in [0.5, 0.6) is 0 Å². The van der Waals surface area contributed by atoms with Gasteiger partial charge in [-0.2, -0.15) is 0 Å². The molecule has 3 N–H and O–H groups in total. The Morgan fingerprint density at radius 2 is 2.00 bits per heavy atom. The SMILES string of the molecule is NC1CCCCCC1Sc1n[nH]c(=O)n1C1CC1. The summed E-state index contributed by atoms with van der Waals surface area (Å²) in [5.74, 6) is 0. The van der Waals surface area contributed by atoms with E-state index < -0.39 is 0 Å². The molecule has 18 heavy (non-hydrogen) atoms. The summed E-state index contributed by atoms with van der Waals surface area (Å²) in [7, 11) is 0. The van der Waals surface area contributed by atoms with Gasteiger partial charge in [0, 0.05) is 17.3 Å². The van der Waals surface area contributed by atoms with Crippen LogP contribution in [0, 0.1) is 0 Å². The van der Waals surface area contributed by atoms with Gasteiger partial charge < -0.3 is 5.73 Å². The van der Waals surface area contributed by atoms with Gasteiger partial charge in [0.1, 0.15) is 0 Å². The van der Waals surface area contributed by atoms with Crippen LogP contribution in [0.2, 0.25) is 0 Å². The predicted molar refractivity (Wildman–Crippen MR) is 71.8 cm³/mol. The molecule has 2 aliphatic rings. The lowest BCUT2D eigenvalue weighted by Gasteiger charge is -2.20. The van der Waals surface area contributed by atoms with Crippen molar-refractivity contribution in [2.45, 2.75) is 67.4 Å². The van der Waals surface area contributed by atoms with Gasteiger partial charge >= 0.3 is 5.69 Å². The molecule has 0 amide bonds. The maximum Gasteiger partial charge on any atom is 0.344 e. The van der Waals surface area contributed by atoms with Gasteiger partial charge in [0.2, 0.25) is 0 Å². The van der Waals surface area contributed by atoms with Crippen LogP contribution < -0.4 is 11.4 Å². The first-order valence-corrected chi connectivity index (χ1v) is 7.73. The van der Waals surface area contributed by atoms with E-state index in [-0.39, 0.29) is 11.7 Å². The topological polar surface area (TPSA) is 76.7 Å². The maximum atomic E-state index is 11.7. The van der Waals surface area contributed by atoms with Crippen molar-refractivity contribution in [3.8, 4) is 0 Å². The van der Waals surface area contributed by atoms with Crippen molar-refractivity contribution in [1.82, 2.24) is 14.8 Å². The lowest BCUT2D eigenvalue weighted by atomic mass is 10.1. The van der Waals surface area contributed by atoms with E-state index in [1.165, 1.54) is 19.3 Å². The second-order valence-electron chi connectivity index (χ2n) is 5.37. The fraction of sp³-hybridized carbons (Fsp3) is 0.833. The molecule has 6 heteroatoms. The largest absolute Gasteiger partial charge is 0.344 e. The first kappa shape index (κ1) is 12.3. The summed E-state index contributed by atoms with van der Waals surface area (Å²) >= 11 is 1.70. The smallest absolute Gasteiger partial charge is 0.327 e. The summed E-state index contributed by atoms with van der Waals surface area (Å²) in [5.41, 5.74) is 6.16. The molecule has 0 saturated heterocycles. The molecule has 2 fully saturated rings. The highest BCUT2D eigenvalue weighted by molar-refractivity contribution is 7.99. The van der Waals surface area contributed by atoms with Crippen molar-refractivity contribution in [2.24, 2.45) is 5.73 Å². The third-order valence-electron chi connectivity index (χ3n) is 3.84. The molecule has 0 spiro atoms. The second-order valence-corrected chi connectivity index (χ2v) is 6.58. The molecule has 1 aromatic rings. The summed E-state index contributed by atoms with van der Waals surface area (Å²) in [6, 6.07) is 0.609. The zero-order valence-corrected chi connectivity index (χ0v) is 11.3. The highest BCUT2D eigenvalue weighted by Gasteiger charge is 2.31. The van der Waals surface area contributed by atoms with Crippen LogP contribution in [0.1, 0.15) is 51.0 Å². The van der Waals surface area contributed by atoms with E-state index in [2.05, 4.69) is 10.2 Å². The van der Waals surface area contributed by atoms with Crippen LogP contribution in [0.15, 0.2) is 9.95 Å². The third kappa shape index (κ3) is 2.49. The van der Waals surface area contributed by atoms with Gasteiger partial charge in [0.15, 0.2) is 5.16 Å². The Morgan fingerprint density at radius 3 is 2.78 bits per heavy atom. The summed E-state index contributed by atoms with van der Waals surface area (Å²) in [5, 5.41) is 7.98. The summed E-state index contributed by atoms with van der Waals surface area (Å²) in [4.78, 5) is 11.7. The number of nitrogens with zero attached hydrogens (tertiary/aromatic N) is 2. The molecule has 100 valence electrons. The molecule has 0 aliphatic heterocycles. The number of thioether (sulfide) groups is 1. The molecule has 1 heterocycles. The summed E-state index contributed by atoms with van der Waals surface area (Å²) in [6.07, 6.45) is 8.18. The van der Waals surface area contributed by atoms with Crippen molar-refractivity contribution < 1.29 is 0 Å². The number of H-pyrrole nitrogens is 1. The van der Waals surface area contributed by atoms with E-state index >= 15 is 0 Å². The molecule has 0 bridgehead atoms. The zero-order valence-electron chi connectivity index (χ0n) is 10.5. The molecule has 2 atom stereocenters. The number of aromatic amines is 1. The van der Waals surface area contributed by atoms with E-state index in [4.69, 9.17) is 5.73 Å². The van der Waals surface area contributed by atoms with Gasteiger partial charge in [-0.25, -0.2) is 9.89 Å². The van der Waals surface area contributed by atoms with E-state index in [9.17, 15) is 4.79 Å². The number of aromatic nitrogens is 3. The van der Waals surface area contributed by atoms with Crippen molar-refractivity contribution in [3.63, 3.8) is 0 Å². The number of nitrogens with one attached hydrogen (secondary N) is 1.